The Labute approximate surface area is 144 Å². The van der Waals surface area contributed by atoms with Gasteiger partial charge in [0.1, 0.15) is 6.10 Å². The van der Waals surface area contributed by atoms with Gasteiger partial charge in [0.15, 0.2) is 0 Å². The topological polar surface area (TPSA) is 71.3 Å². The van der Waals surface area contributed by atoms with E-state index in [9.17, 15) is 13.5 Å². The number of nitrogens with one attached hydrogen (secondary N) is 1. The number of nitrogens with zero attached hydrogens (tertiary/aromatic N) is 1. The van der Waals surface area contributed by atoms with E-state index in [4.69, 9.17) is 0 Å². The van der Waals surface area contributed by atoms with Gasteiger partial charge < -0.3 is 9.67 Å². The van der Waals surface area contributed by atoms with Crippen molar-refractivity contribution >= 4 is 10.0 Å². The number of aliphatic hydroxyl groups is 1. The van der Waals surface area contributed by atoms with E-state index >= 15 is 0 Å². The molecule has 1 atom stereocenters. The van der Waals surface area contributed by atoms with Gasteiger partial charge in [-0.05, 0) is 74.6 Å². The minimum absolute atomic E-state index is 0.0644. The van der Waals surface area contributed by atoms with Gasteiger partial charge in [-0.3, -0.25) is 0 Å². The van der Waals surface area contributed by atoms with Crippen molar-refractivity contribution in [2.45, 2.75) is 45.6 Å². The van der Waals surface area contributed by atoms with Crippen molar-refractivity contribution in [1.82, 2.24) is 9.29 Å². The summed E-state index contributed by atoms with van der Waals surface area (Å²) < 4.78 is 30.0. The molecule has 6 heteroatoms. The number of aliphatic hydroxyl groups excluding tert-OH is 1. The van der Waals surface area contributed by atoms with Gasteiger partial charge in [0.05, 0.1) is 4.90 Å². The quantitative estimate of drug-likeness (QED) is 0.871. The predicted octanol–water partition coefficient (Wildman–Crippen LogP) is 2.58. The number of rotatable bonds is 5. The summed E-state index contributed by atoms with van der Waals surface area (Å²) in [6.07, 6.45) is 0.918. The molecular weight excluding hydrogens is 324 g/mol. The number of benzene rings is 1. The molecule has 0 saturated carbocycles. The molecule has 2 rings (SSSR count). The molecule has 0 aliphatic rings. The molecule has 0 spiro atoms. The lowest BCUT2D eigenvalue weighted by molar-refractivity contribution is 0.173. The molecule has 1 aromatic heterocycles. The minimum Gasteiger partial charge on any atom is -0.386 e. The Kier molecular flexibility index (Phi) is 5.22. The number of hydrogen-bond donors (Lipinski definition) is 2. The lowest BCUT2D eigenvalue weighted by Gasteiger charge is -2.20. The van der Waals surface area contributed by atoms with E-state index in [1.165, 1.54) is 0 Å². The largest absolute Gasteiger partial charge is 0.386 e. The summed E-state index contributed by atoms with van der Waals surface area (Å²) in [5.74, 6) is 0. The molecule has 0 bridgehead atoms. The molecule has 2 N–H and O–H groups in total. The number of aromatic nitrogens is 1. The highest BCUT2D eigenvalue weighted by Crippen LogP contribution is 2.29. The second-order valence-electron chi connectivity index (χ2n) is 6.37. The lowest BCUT2D eigenvalue weighted by atomic mass is 9.95. The SMILES string of the molecule is Cc1c(C)c(C)c(S(=O)(=O)NCC(O)c2cccn2C)c(C)c1C. The van der Waals surface area contributed by atoms with Gasteiger partial charge in [-0.1, -0.05) is 0 Å². The fourth-order valence-electron chi connectivity index (χ4n) is 3.05. The Bertz CT molecular complexity index is 838. The van der Waals surface area contributed by atoms with Gasteiger partial charge in [0.25, 0.3) is 0 Å². The minimum atomic E-state index is -3.70. The average molecular weight is 350 g/mol. The molecule has 2 aromatic rings. The summed E-state index contributed by atoms with van der Waals surface area (Å²) in [6.45, 7) is 9.48. The smallest absolute Gasteiger partial charge is 0.241 e. The molecule has 1 heterocycles. The molecule has 5 nitrogen and oxygen atoms in total. The predicted molar refractivity (Wildman–Crippen MR) is 95.7 cm³/mol. The Morgan fingerprint density at radius 1 is 1.04 bits per heavy atom. The van der Waals surface area contributed by atoms with Gasteiger partial charge in [-0.25, -0.2) is 13.1 Å². The second-order valence-corrected chi connectivity index (χ2v) is 8.07. The van der Waals surface area contributed by atoms with Crippen molar-refractivity contribution in [3.8, 4) is 0 Å². The zero-order chi connectivity index (χ0) is 18.2. The van der Waals surface area contributed by atoms with E-state index in [2.05, 4.69) is 4.72 Å². The summed E-state index contributed by atoms with van der Waals surface area (Å²) in [5, 5.41) is 10.2. The molecule has 0 aliphatic heterocycles. The molecule has 1 aromatic carbocycles. The van der Waals surface area contributed by atoms with Gasteiger partial charge in [0.2, 0.25) is 10.0 Å². The Balaban J connectivity index is 2.34. The highest BCUT2D eigenvalue weighted by molar-refractivity contribution is 7.89. The van der Waals surface area contributed by atoms with Crippen molar-refractivity contribution in [2.24, 2.45) is 7.05 Å². The van der Waals surface area contributed by atoms with E-state index in [0.717, 1.165) is 27.8 Å². The van der Waals surface area contributed by atoms with Crippen molar-refractivity contribution < 1.29 is 13.5 Å². The van der Waals surface area contributed by atoms with E-state index in [1.54, 1.807) is 10.6 Å². The number of sulfonamides is 1. The fraction of sp³-hybridized carbons (Fsp3) is 0.444. The van der Waals surface area contributed by atoms with Crippen LogP contribution in [0, 0.1) is 34.6 Å². The van der Waals surface area contributed by atoms with Gasteiger partial charge in [0, 0.05) is 25.5 Å². The molecule has 0 fully saturated rings. The Hall–Kier alpha value is -1.63. The van der Waals surface area contributed by atoms with Crippen molar-refractivity contribution in [1.29, 1.82) is 0 Å². The molecule has 24 heavy (non-hydrogen) atoms. The number of hydrogen-bond acceptors (Lipinski definition) is 3. The summed E-state index contributed by atoms with van der Waals surface area (Å²) in [5.41, 5.74) is 5.28. The summed E-state index contributed by atoms with van der Waals surface area (Å²) in [4.78, 5) is 0.321. The van der Waals surface area contributed by atoms with Crippen LogP contribution in [-0.2, 0) is 17.1 Å². The average Bonchev–Trinajstić information content (AvgIpc) is 2.95. The molecule has 1 unspecified atom stereocenters. The summed E-state index contributed by atoms with van der Waals surface area (Å²) >= 11 is 0. The van der Waals surface area contributed by atoms with Crippen LogP contribution >= 0.6 is 0 Å². The van der Waals surface area contributed by atoms with Crippen molar-refractivity contribution in [2.75, 3.05) is 6.54 Å². The first-order chi connectivity index (χ1) is 11.1. The fourth-order valence-corrected chi connectivity index (χ4v) is 4.69. The van der Waals surface area contributed by atoms with E-state index < -0.39 is 16.1 Å². The molecular formula is C18H26N2O3S. The standard InChI is InChI=1S/C18H26N2O3S/c1-11-12(2)14(4)18(15(5)13(11)3)24(22,23)19-10-17(21)16-8-7-9-20(16)6/h7-9,17,19,21H,10H2,1-6H3. The number of aryl methyl sites for hydroxylation is 1. The van der Waals surface area contributed by atoms with Gasteiger partial charge >= 0.3 is 0 Å². The van der Waals surface area contributed by atoms with Crippen LogP contribution in [0.1, 0.15) is 39.6 Å². The third-order valence-corrected chi connectivity index (χ3v) is 6.69. The summed E-state index contributed by atoms with van der Waals surface area (Å²) in [6, 6.07) is 3.59. The van der Waals surface area contributed by atoms with Crippen LogP contribution < -0.4 is 4.72 Å². The van der Waals surface area contributed by atoms with Crippen LogP contribution in [0.25, 0.3) is 0 Å². The molecule has 0 aliphatic carbocycles. The van der Waals surface area contributed by atoms with Crippen LogP contribution in [0.3, 0.4) is 0 Å². The zero-order valence-electron chi connectivity index (χ0n) is 15.1. The summed E-state index contributed by atoms with van der Waals surface area (Å²) in [7, 11) is -1.89. The van der Waals surface area contributed by atoms with Crippen LogP contribution in [0.5, 0.6) is 0 Å². The normalized spacial score (nSPS) is 13.3. The first-order valence-electron chi connectivity index (χ1n) is 7.93. The highest BCUT2D eigenvalue weighted by atomic mass is 32.2. The van der Waals surface area contributed by atoms with Gasteiger partial charge in [-0.15, -0.1) is 0 Å². The first kappa shape index (κ1) is 18.7. The first-order valence-corrected chi connectivity index (χ1v) is 9.42. The molecule has 0 radical (unpaired) electrons. The van der Waals surface area contributed by atoms with Crippen LogP contribution in [0.2, 0.25) is 0 Å². The molecule has 0 amide bonds. The Morgan fingerprint density at radius 3 is 2.00 bits per heavy atom. The van der Waals surface area contributed by atoms with Crippen molar-refractivity contribution in [3.05, 3.63) is 51.8 Å². The van der Waals surface area contributed by atoms with E-state index in [0.29, 0.717) is 10.6 Å². The highest BCUT2D eigenvalue weighted by Gasteiger charge is 2.24. The van der Waals surface area contributed by atoms with Crippen LogP contribution in [0.4, 0.5) is 0 Å². The maximum absolute atomic E-state index is 12.8. The maximum atomic E-state index is 12.8. The third-order valence-electron chi connectivity index (χ3n) is 4.99. The van der Waals surface area contributed by atoms with Crippen molar-refractivity contribution in [3.63, 3.8) is 0 Å². The van der Waals surface area contributed by atoms with Crippen LogP contribution in [-0.4, -0.2) is 24.6 Å². The monoisotopic (exact) mass is 350 g/mol. The second kappa shape index (κ2) is 6.70. The lowest BCUT2D eigenvalue weighted by Crippen LogP contribution is -2.30. The third kappa shape index (κ3) is 3.27. The van der Waals surface area contributed by atoms with E-state index in [-0.39, 0.29) is 6.54 Å². The maximum Gasteiger partial charge on any atom is 0.241 e. The Morgan fingerprint density at radius 2 is 1.54 bits per heavy atom. The molecule has 0 saturated heterocycles. The van der Waals surface area contributed by atoms with Gasteiger partial charge in [-0.2, -0.15) is 0 Å². The van der Waals surface area contributed by atoms with E-state index in [1.807, 2.05) is 53.9 Å². The molecule has 132 valence electrons. The zero-order valence-corrected chi connectivity index (χ0v) is 16.0. The van der Waals surface area contributed by atoms with Crippen LogP contribution in [0.15, 0.2) is 23.2 Å².